The molecular formula is C23H23ClO5. The minimum Gasteiger partial charge on any atom is -0.497 e. The van der Waals surface area contributed by atoms with E-state index in [1.807, 2.05) is 48.5 Å². The molecule has 0 aromatic heterocycles. The first kappa shape index (κ1) is 20.8. The van der Waals surface area contributed by atoms with Crippen LogP contribution in [0.5, 0.6) is 23.0 Å². The average Bonchev–Trinajstić information content (AvgIpc) is 2.77. The number of aliphatic hydroxyl groups excluding tert-OH is 1. The summed E-state index contributed by atoms with van der Waals surface area (Å²) in [5.74, 6) is 2.48. The van der Waals surface area contributed by atoms with Crippen LogP contribution in [0.4, 0.5) is 0 Å². The van der Waals surface area contributed by atoms with Gasteiger partial charge in [-0.25, -0.2) is 0 Å². The highest BCUT2D eigenvalue weighted by atomic mass is 35.5. The molecule has 0 unspecified atom stereocenters. The van der Waals surface area contributed by atoms with Gasteiger partial charge in [0.05, 0.1) is 25.8 Å². The summed E-state index contributed by atoms with van der Waals surface area (Å²) in [6.45, 7) is 0.464. The number of rotatable bonds is 9. The number of ether oxygens (including phenoxy) is 4. The SMILES string of the molecule is COc1ccc(COc2ccc(CO)c(Cl)c2OCc2ccc(OC)cc2)cc1. The first-order valence-corrected chi connectivity index (χ1v) is 9.46. The monoisotopic (exact) mass is 414 g/mol. The van der Waals surface area contributed by atoms with Gasteiger partial charge in [-0.05, 0) is 41.5 Å². The molecule has 0 amide bonds. The number of benzene rings is 3. The second-order valence-electron chi connectivity index (χ2n) is 6.30. The molecule has 152 valence electrons. The van der Waals surface area contributed by atoms with Crippen molar-refractivity contribution in [2.24, 2.45) is 0 Å². The molecule has 5 nitrogen and oxygen atoms in total. The predicted octanol–water partition coefficient (Wildman–Crippen LogP) is 5.01. The van der Waals surface area contributed by atoms with Gasteiger partial charge in [-0.2, -0.15) is 0 Å². The van der Waals surface area contributed by atoms with Crippen LogP contribution in [-0.4, -0.2) is 19.3 Å². The summed E-state index contributed by atoms with van der Waals surface area (Å²) >= 11 is 6.45. The molecule has 3 aromatic carbocycles. The Morgan fingerprint density at radius 3 is 1.72 bits per heavy atom. The topological polar surface area (TPSA) is 57.2 Å². The minimum absolute atomic E-state index is 0.184. The third-order valence-electron chi connectivity index (χ3n) is 4.41. The second kappa shape index (κ2) is 10.0. The summed E-state index contributed by atoms with van der Waals surface area (Å²) < 4.78 is 22.3. The zero-order valence-electron chi connectivity index (χ0n) is 16.4. The van der Waals surface area contributed by atoms with Gasteiger partial charge in [0.1, 0.15) is 24.7 Å². The molecule has 0 saturated carbocycles. The Morgan fingerprint density at radius 1 is 0.724 bits per heavy atom. The van der Waals surface area contributed by atoms with Gasteiger partial charge < -0.3 is 24.1 Å². The lowest BCUT2D eigenvalue weighted by molar-refractivity contribution is 0.252. The summed E-state index contributed by atoms with van der Waals surface area (Å²) in [5.41, 5.74) is 2.51. The fraction of sp³-hybridized carbons (Fsp3) is 0.217. The highest BCUT2D eigenvalue weighted by molar-refractivity contribution is 6.33. The van der Waals surface area contributed by atoms with Crippen LogP contribution >= 0.6 is 11.6 Å². The van der Waals surface area contributed by atoms with Crippen molar-refractivity contribution in [1.29, 1.82) is 0 Å². The standard InChI is InChI=1S/C23H23ClO5/c1-26-19-8-3-16(4-9-19)14-28-21-12-7-18(13-25)22(24)23(21)29-15-17-5-10-20(27-2)11-6-17/h3-12,25H,13-15H2,1-2H3. The molecule has 0 aliphatic heterocycles. The molecule has 3 rings (SSSR count). The Morgan fingerprint density at radius 2 is 1.24 bits per heavy atom. The van der Waals surface area contributed by atoms with E-state index in [-0.39, 0.29) is 6.61 Å². The van der Waals surface area contributed by atoms with Crippen LogP contribution in [0.15, 0.2) is 60.7 Å². The first-order chi connectivity index (χ1) is 14.1. The lowest BCUT2D eigenvalue weighted by atomic mass is 10.2. The fourth-order valence-corrected chi connectivity index (χ4v) is 2.98. The number of methoxy groups -OCH3 is 2. The van der Waals surface area contributed by atoms with E-state index < -0.39 is 0 Å². The van der Waals surface area contributed by atoms with Crippen LogP contribution in [0, 0.1) is 0 Å². The van der Waals surface area contributed by atoms with Gasteiger partial charge in [-0.1, -0.05) is 41.9 Å². The zero-order valence-corrected chi connectivity index (χ0v) is 17.1. The van der Waals surface area contributed by atoms with Crippen LogP contribution < -0.4 is 18.9 Å². The van der Waals surface area contributed by atoms with Gasteiger partial charge >= 0.3 is 0 Å². The van der Waals surface area contributed by atoms with Gasteiger partial charge in [0.25, 0.3) is 0 Å². The molecule has 29 heavy (non-hydrogen) atoms. The lowest BCUT2D eigenvalue weighted by Gasteiger charge is -2.16. The van der Waals surface area contributed by atoms with Crippen molar-refractivity contribution >= 4 is 11.6 Å². The highest BCUT2D eigenvalue weighted by Gasteiger charge is 2.15. The zero-order chi connectivity index (χ0) is 20.6. The molecule has 0 fully saturated rings. The Balaban J connectivity index is 1.75. The molecule has 0 bridgehead atoms. The van der Waals surface area contributed by atoms with E-state index >= 15 is 0 Å². The first-order valence-electron chi connectivity index (χ1n) is 9.08. The largest absolute Gasteiger partial charge is 0.497 e. The Kier molecular flexibility index (Phi) is 7.22. The molecule has 0 spiro atoms. The number of hydrogen-bond donors (Lipinski definition) is 1. The molecular weight excluding hydrogens is 392 g/mol. The maximum Gasteiger partial charge on any atom is 0.180 e. The van der Waals surface area contributed by atoms with Gasteiger partial charge in [0, 0.05) is 5.56 Å². The van der Waals surface area contributed by atoms with Crippen molar-refractivity contribution in [3.8, 4) is 23.0 Å². The maximum atomic E-state index is 9.53. The Bertz CT molecular complexity index is 923. The number of aliphatic hydroxyl groups is 1. The summed E-state index contributed by atoms with van der Waals surface area (Å²) in [6.07, 6.45) is 0. The normalized spacial score (nSPS) is 10.5. The summed E-state index contributed by atoms with van der Waals surface area (Å²) in [7, 11) is 3.25. The van der Waals surface area contributed by atoms with Crippen LogP contribution in [-0.2, 0) is 19.8 Å². The van der Waals surface area contributed by atoms with E-state index in [0.29, 0.717) is 35.3 Å². The van der Waals surface area contributed by atoms with Crippen LogP contribution in [0.2, 0.25) is 5.02 Å². The van der Waals surface area contributed by atoms with Crippen LogP contribution in [0.3, 0.4) is 0 Å². The summed E-state index contributed by atoms with van der Waals surface area (Å²) in [5, 5.41) is 9.87. The van der Waals surface area contributed by atoms with E-state index in [1.54, 1.807) is 26.4 Å². The molecule has 0 aliphatic rings. The molecule has 0 atom stereocenters. The van der Waals surface area contributed by atoms with Gasteiger partial charge in [-0.15, -0.1) is 0 Å². The molecule has 3 aromatic rings. The van der Waals surface area contributed by atoms with Crippen molar-refractivity contribution in [1.82, 2.24) is 0 Å². The van der Waals surface area contributed by atoms with Crippen molar-refractivity contribution in [3.63, 3.8) is 0 Å². The predicted molar refractivity (Wildman–Crippen MR) is 112 cm³/mol. The average molecular weight is 415 g/mol. The van der Waals surface area contributed by atoms with Crippen molar-refractivity contribution < 1.29 is 24.1 Å². The van der Waals surface area contributed by atoms with E-state index in [2.05, 4.69) is 0 Å². The maximum absolute atomic E-state index is 9.53. The smallest absolute Gasteiger partial charge is 0.180 e. The van der Waals surface area contributed by atoms with Crippen LogP contribution in [0.1, 0.15) is 16.7 Å². The number of hydrogen-bond acceptors (Lipinski definition) is 5. The summed E-state index contributed by atoms with van der Waals surface area (Å²) in [4.78, 5) is 0. The van der Waals surface area contributed by atoms with Gasteiger partial charge in [-0.3, -0.25) is 0 Å². The lowest BCUT2D eigenvalue weighted by Crippen LogP contribution is -2.03. The quantitative estimate of drug-likeness (QED) is 0.533. The van der Waals surface area contributed by atoms with E-state index in [9.17, 15) is 5.11 Å². The molecule has 1 N–H and O–H groups in total. The molecule has 0 saturated heterocycles. The van der Waals surface area contributed by atoms with Crippen LogP contribution in [0.25, 0.3) is 0 Å². The summed E-state index contributed by atoms with van der Waals surface area (Å²) in [6, 6.07) is 18.7. The second-order valence-corrected chi connectivity index (χ2v) is 6.68. The Labute approximate surface area is 175 Å². The fourth-order valence-electron chi connectivity index (χ4n) is 2.71. The van der Waals surface area contributed by atoms with Crippen molar-refractivity contribution in [2.75, 3.05) is 14.2 Å². The van der Waals surface area contributed by atoms with Crippen molar-refractivity contribution in [3.05, 3.63) is 82.4 Å². The van der Waals surface area contributed by atoms with Crippen molar-refractivity contribution in [2.45, 2.75) is 19.8 Å². The van der Waals surface area contributed by atoms with E-state index in [0.717, 1.165) is 22.6 Å². The third kappa shape index (κ3) is 5.34. The third-order valence-corrected chi connectivity index (χ3v) is 4.82. The van der Waals surface area contributed by atoms with Gasteiger partial charge in [0.15, 0.2) is 11.5 Å². The minimum atomic E-state index is -0.184. The molecule has 0 aliphatic carbocycles. The molecule has 0 heterocycles. The van der Waals surface area contributed by atoms with Gasteiger partial charge in [0.2, 0.25) is 0 Å². The van der Waals surface area contributed by atoms with E-state index in [1.165, 1.54) is 0 Å². The number of halogens is 1. The van der Waals surface area contributed by atoms with E-state index in [4.69, 9.17) is 30.5 Å². The molecule has 6 heteroatoms. The Hall–Kier alpha value is -2.89. The molecule has 0 radical (unpaired) electrons. The highest BCUT2D eigenvalue weighted by Crippen LogP contribution is 2.39.